The number of rotatable bonds is 2. The number of nitrogens with two attached hydrogens (primary N) is 1. The molecule has 17 heavy (non-hydrogen) atoms. The highest BCUT2D eigenvalue weighted by Crippen LogP contribution is 2.31. The van der Waals surface area contributed by atoms with Crippen LogP contribution in [0.5, 0.6) is 5.75 Å². The van der Waals surface area contributed by atoms with Crippen LogP contribution in [0, 0.1) is 5.41 Å². The third-order valence-corrected chi connectivity index (χ3v) is 2.41. The summed E-state index contributed by atoms with van der Waals surface area (Å²) in [6.45, 7) is 5.91. The fraction of sp³-hybridized carbons (Fsp3) is 0.500. The molecule has 1 aromatic carbocycles. The van der Waals surface area contributed by atoms with Crippen molar-refractivity contribution in [2.75, 3.05) is 0 Å². The maximum atomic E-state index is 11.9. The topological polar surface area (TPSA) is 35.2 Å². The van der Waals surface area contributed by atoms with Gasteiger partial charge in [0.15, 0.2) is 0 Å². The summed E-state index contributed by atoms with van der Waals surface area (Å²) in [5.74, 6) is -0.234. The lowest BCUT2D eigenvalue weighted by molar-refractivity contribution is -0.274. The van der Waals surface area contributed by atoms with Crippen molar-refractivity contribution in [3.63, 3.8) is 0 Å². The van der Waals surface area contributed by atoms with Gasteiger partial charge in [0.2, 0.25) is 0 Å². The van der Waals surface area contributed by atoms with E-state index < -0.39 is 6.36 Å². The summed E-state index contributed by atoms with van der Waals surface area (Å²) in [5, 5.41) is 0. The third-order valence-electron chi connectivity index (χ3n) is 2.41. The average Bonchev–Trinajstić information content (AvgIpc) is 2.14. The zero-order valence-corrected chi connectivity index (χ0v) is 10.0. The van der Waals surface area contributed by atoms with Gasteiger partial charge in [-0.15, -0.1) is 13.2 Å². The number of ether oxygens (including phenoxy) is 1. The van der Waals surface area contributed by atoms with Crippen molar-refractivity contribution in [2.45, 2.75) is 33.2 Å². The summed E-state index contributed by atoms with van der Waals surface area (Å²) in [7, 11) is 0. The van der Waals surface area contributed by atoms with Gasteiger partial charge in [-0.3, -0.25) is 0 Å². The molecule has 0 bridgehead atoms. The van der Waals surface area contributed by atoms with Crippen LogP contribution in [0.1, 0.15) is 32.4 Å². The van der Waals surface area contributed by atoms with Gasteiger partial charge < -0.3 is 10.5 Å². The van der Waals surface area contributed by atoms with Crippen molar-refractivity contribution < 1.29 is 17.9 Å². The lowest BCUT2D eigenvalue weighted by atomic mass is 9.83. The predicted octanol–water partition coefficient (Wildman–Crippen LogP) is 3.63. The number of hydrogen-bond acceptors (Lipinski definition) is 2. The van der Waals surface area contributed by atoms with Crippen LogP contribution in [0.25, 0.3) is 0 Å². The number of halogens is 3. The summed E-state index contributed by atoms with van der Waals surface area (Å²) < 4.78 is 39.6. The van der Waals surface area contributed by atoms with Gasteiger partial charge >= 0.3 is 6.36 Å². The Kier molecular flexibility index (Phi) is 3.71. The van der Waals surface area contributed by atoms with Gasteiger partial charge in [0.1, 0.15) is 5.75 Å². The summed E-state index contributed by atoms with van der Waals surface area (Å²) >= 11 is 0. The maximum absolute atomic E-state index is 11.9. The molecule has 2 N–H and O–H groups in total. The molecule has 0 heterocycles. The molecule has 0 spiro atoms. The Hall–Kier alpha value is -1.23. The quantitative estimate of drug-likeness (QED) is 0.866. The predicted molar refractivity (Wildman–Crippen MR) is 59.5 cm³/mol. The molecule has 0 aliphatic heterocycles. The van der Waals surface area contributed by atoms with E-state index in [4.69, 9.17) is 5.73 Å². The van der Waals surface area contributed by atoms with Crippen LogP contribution in [0.3, 0.4) is 0 Å². The number of benzene rings is 1. The zero-order valence-electron chi connectivity index (χ0n) is 10.0. The minimum Gasteiger partial charge on any atom is -0.406 e. The van der Waals surface area contributed by atoms with Gasteiger partial charge in [-0.1, -0.05) is 32.9 Å². The first-order valence-corrected chi connectivity index (χ1v) is 5.21. The molecule has 0 unspecified atom stereocenters. The van der Waals surface area contributed by atoms with E-state index in [1.165, 1.54) is 12.1 Å². The molecule has 1 rings (SSSR count). The lowest BCUT2D eigenvalue weighted by Crippen LogP contribution is -2.26. The summed E-state index contributed by atoms with van der Waals surface area (Å²) in [5.41, 5.74) is 6.62. The highest BCUT2D eigenvalue weighted by Gasteiger charge is 2.31. The van der Waals surface area contributed by atoms with Crippen molar-refractivity contribution >= 4 is 0 Å². The molecule has 0 saturated heterocycles. The van der Waals surface area contributed by atoms with E-state index in [9.17, 15) is 13.2 Å². The fourth-order valence-corrected chi connectivity index (χ4v) is 1.38. The highest BCUT2D eigenvalue weighted by molar-refractivity contribution is 5.29. The number of hydrogen-bond donors (Lipinski definition) is 1. The maximum Gasteiger partial charge on any atom is 0.573 e. The van der Waals surface area contributed by atoms with Gasteiger partial charge in [0, 0.05) is 6.04 Å². The molecule has 0 radical (unpaired) electrons. The van der Waals surface area contributed by atoms with Crippen molar-refractivity contribution in [1.29, 1.82) is 0 Å². The van der Waals surface area contributed by atoms with Crippen molar-refractivity contribution in [2.24, 2.45) is 11.1 Å². The summed E-state index contributed by atoms with van der Waals surface area (Å²) in [4.78, 5) is 0. The Bertz CT molecular complexity index is 365. The molecule has 5 heteroatoms. The monoisotopic (exact) mass is 247 g/mol. The van der Waals surface area contributed by atoms with E-state index in [2.05, 4.69) is 4.74 Å². The Labute approximate surface area is 98.6 Å². The second-order valence-corrected chi connectivity index (χ2v) is 4.96. The molecule has 96 valence electrons. The Balaban J connectivity index is 2.82. The van der Waals surface area contributed by atoms with Crippen LogP contribution in [0.2, 0.25) is 0 Å². The van der Waals surface area contributed by atoms with Gasteiger partial charge in [-0.25, -0.2) is 0 Å². The fourth-order valence-electron chi connectivity index (χ4n) is 1.38. The molecule has 0 aliphatic carbocycles. The van der Waals surface area contributed by atoms with Gasteiger partial charge in [-0.05, 0) is 23.1 Å². The molecule has 0 saturated carbocycles. The van der Waals surface area contributed by atoms with Gasteiger partial charge in [-0.2, -0.15) is 0 Å². The van der Waals surface area contributed by atoms with E-state index in [1.54, 1.807) is 12.1 Å². The first kappa shape index (κ1) is 13.8. The first-order chi connectivity index (χ1) is 7.59. The van der Waals surface area contributed by atoms with Crippen LogP contribution in [-0.2, 0) is 0 Å². The standard InChI is InChI=1S/C12H16F3NO/c1-11(2,3)10(16)8-4-6-9(7-5-8)17-12(13,14)15/h4-7,10H,16H2,1-3H3/t10-/m1/s1. The van der Waals surface area contributed by atoms with Crippen molar-refractivity contribution in [3.8, 4) is 5.75 Å². The highest BCUT2D eigenvalue weighted by atomic mass is 19.4. The van der Waals surface area contributed by atoms with Crippen molar-refractivity contribution in [1.82, 2.24) is 0 Å². The van der Waals surface area contributed by atoms with Crippen LogP contribution in [0.4, 0.5) is 13.2 Å². The molecule has 2 nitrogen and oxygen atoms in total. The second kappa shape index (κ2) is 4.56. The van der Waals surface area contributed by atoms with E-state index in [1.807, 2.05) is 20.8 Å². The average molecular weight is 247 g/mol. The number of alkyl halides is 3. The van der Waals surface area contributed by atoms with E-state index >= 15 is 0 Å². The smallest absolute Gasteiger partial charge is 0.406 e. The summed E-state index contributed by atoms with van der Waals surface area (Å²) in [6, 6.07) is 5.42. The minimum atomic E-state index is -4.66. The first-order valence-electron chi connectivity index (χ1n) is 5.21. The SMILES string of the molecule is CC(C)(C)[C@H](N)c1ccc(OC(F)(F)F)cc1. The van der Waals surface area contributed by atoms with Gasteiger partial charge in [0.25, 0.3) is 0 Å². The molecular formula is C12H16F3NO. The lowest BCUT2D eigenvalue weighted by Gasteiger charge is -2.27. The van der Waals surface area contributed by atoms with Crippen LogP contribution in [0.15, 0.2) is 24.3 Å². The zero-order chi connectivity index (χ0) is 13.3. The largest absolute Gasteiger partial charge is 0.573 e. The molecule has 0 amide bonds. The van der Waals surface area contributed by atoms with E-state index in [-0.39, 0.29) is 17.2 Å². The Morgan fingerprint density at radius 2 is 1.53 bits per heavy atom. The Morgan fingerprint density at radius 3 is 1.88 bits per heavy atom. The molecule has 0 fully saturated rings. The molecule has 0 aliphatic rings. The normalized spacial score (nSPS) is 14.5. The van der Waals surface area contributed by atoms with Crippen molar-refractivity contribution in [3.05, 3.63) is 29.8 Å². The molecule has 0 aromatic heterocycles. The van der Waals surface area contributed by atoms with Crippen LogP contribution < -0.4 is 10.5 Å². The summed E-state index contributed by atoms with van der Waals surface area (Å²) in [6.07, 6.45) is -4.66. The van der Waals surface area contributed by atoms with Gasteiger partial charge in [0.05, 0.1) is 0 Å². The second-order valence-electron chi connectivity index (χ2n) is 4.96. The molecule has 1 atom stereocenters. The van der Waals surface area contributed by atoms with Crippen LogP contribution >= 0.6 is 0 Å². The molecular weight excluding hydrogens is 231 g/mol. The van der Waals surface area contributed by atoms with Crippen LogP contribution in [-0.4, -0.2) is 6.36 Å². The van der Waals surface area contributed by atoms with E-state index in [0.29, 0.717) is 0 Å². The Morgan fingerprint density at radius 1 is 1.06 bits per heavy atom. The minimum absolute atomic E-state index is 0.146. The molecule has 1 aromatic rings. The third kappa shape index (κ3) is 4.26. The van der Waals surface area contributed by atoms with E-state index in [0.717, 1.165) is 5.56 Å².